The summed E-state index contributed by atoms with van der Waals surface area (Å²) in [6, 6.07) is 9.52. The Morgan fingerprint density at radius 3 is 2.58 bits per heavy atom. The summed E-state index contributed by atoms with van der Waals surface area (Å²) >= 11 is 0. The van der Waals surface area contributed by atoms with E-state index in [9.17, 15) is 9.59 Å². The molecule has 2 N–H and O–H groups in total. The van der Waals surface area contributed by atoms with E-state index in [0.717, 1.165) is 50.4 Å². The van der Waals surface area contributed by atoms with E-state index in [-0.39, 0.29) is 29.1 Å². The van der Waals surface area contributed by atoms with Crippen LogP contribution in [0, 0.1) is 17.3 Å². The predicted octanol–water partition coefficient (Wildman–Crippen LogP) is 2.50. The van der Waals surface area contributed by atoms with Crippen LogP contribution in [0.3, 0.4) is 0 Å². The van der Waals surface area contributed by atoms with Crippen molar-refractivity contribution in [3.05, 3.63) is 48.3 Å². The van der Waals surface area contributed by atoms with Crippen LogP contribution in [0.15, 0.2) is 42.7 Å². The Balaban J connectivity index is 1.18. The summed E-state index contributed by atoms with van der Waals surface area (Å²) in [6.45, 7) is 5.14. The van der Waals surface area contributed by atoms with Crippen LogP contribution in [0.2, 0.25) is 0 Å². The summed E-state index contributed by atoms with van der Waals surface area (Å²) in [4.78, 5) is 39.5. The molecule has 0 radical (unpaired) electrons. The number of aromatic nitrogens is 2. The molecule has 1 aromatic heterocycles. The maximum absolute atomic E-state index is 13.7. The highest BCUT2D eigenvalue weighted by Gasteiger charge is 2.60. The number of piperazine rings is 1. The van der Waals surface area contributed by atoms with Crippen molar-refractivity contribution >= 4 is 23.5 Å². The van der Waals surface area contributed by atoms with Gasteiger partial charge in [-0.15, -0.1) is 0 Å². The molecule has 7 rings (SSSR count). The van der Waals surface area contributed by atoms with E-state index < -0.39 is 5.66 Å². The number of nitrogens with zero attached hydrogens (tertiary/aromatic N) is 4. The molecule has 1 spiro atoms. The molecular weight excluding hydrogens is 416 g/mol. The van der Waals surface area contributed by atoms with Crippen LogP contribution in [0.25, 0.3) is 0 Å². The number of benzene rings is 1. The lowest BCUT2D eigenvalue weighted by molar-refractivity contribution is -0.150. The highest BCUT2D eigenvalue weighted by molar-refractivity contribution is 6.02. The van der Waals surface area contributed by atoms with E-state index in [1.54, 1.807) is 12.4 Å². The van der Waals surface area contributed by atoms with Gasteiger partial charge in [0, 0.05) is 56.1 Å². The molecule has 3 saturated carbocycles. The SMILES string of the molecule is C[C@]12CC[C@@H](C[C@@H]1C(=O)N1CCN(c3ncccn3)CC1)[C@]1(C2)NC(=O)c2ccccc2N1. The summed E-state index contributed by atoms with van der Waals surface area (Å²) in [5.74, 6) is 1.23. The second-order valence-corrected chi connectivity index (χ2v) is 10.3. The van der Waals surface area contributed by atoms with Gasteiger partial charge in [0.15, 0.2) is 0 Å². The van der Waals surface area contributed by atoms with Crippen molar-refractivity contribution < 1.29 is 9.59 Å². The lowest BCUT2D eigenvalue weighted by atomic mass is 9.51. The molecule has 172 valence electrons. The molecular formula is C25H30N6O2. The van der Waals surface area contributed by atoms with Crippen molar-refractivity contribution in [3.63, 3.8) is 0 Å². The molecule has 5 aliphatic rings. The van der Waals surface area contributed by atoms with E-state index in [1.165, 1.54) is 0 Å². The fourth-order valence-corrected chi connectivity index (χ4v) is 6.63. The van der Waals surface area contributed by atoms with Crippen LogP contribution in [0.4, 0.5) is 11.6 Å². The number of fused-ring (bicyclic) bond motifs is 3. The summed E-state index contributed by atoms with van der Waals surface area (Å²) in [5, 5.41) is 7.00. The van der Waals surface area contributed by atoms with E-state index in [1.807, 2.05) is 35.2 Å². The van der Waals surface area contributed by atoms with Gasteiger partial charge in [-0.1, -0.05) is 19.1 Å². The summed E-state index contributed by atoms with van der Waals surface area (Å²) in [7, 11) is 0. The van der Waals surface area contributed by atoms with Crippen molar-refractivity contribution in [2.45, 2.75) is 38.3 Å². The quantitative estimate of drug-likeness (QED) is 0.737. The molecule has 0 unspecified atom stereocenters. The molecule has 3 heterocycles. The van der Waals surface area contributed by atoms with Crippen LogP contribution in [0.5, 0.6) is 0 Å². The molecule has 4 fully saturated rings. The highest BCUT2D eigenvalue weighted by Crippen LogP contribution is 2.58. The maximum Gasteiger partial charge on any atom is 0.255 e. The third-order valence-electron chi connectivity index (χ3n) is 8.40. The first-order valence-corrected chi connectivity index (χ1v) is 12.0. The fraction of sp³-hybridized carbons (Fsp3) is 0.520. The Kier molecular flexibility index (Phi) is 4.61. The minimum atomic E-state index is -0.460. The predicted molar refractivity (Wildman–Crippen MR) is 125 cm³/mol. The number of carbonyl (C=O) groups excluding carboxylic acids is 2. The number of para-hydroxylation sites is 1. The van der Waals surface area contributed by atoms with E-state index >= 15 is 0 Å². The summed E-state index contributed by atoms with van der Waals surface area (Å²) in [5.41, 5.74) is 0.999. The average molecular weight is 447 g/mol. The molecule has 2 bridgehead atoms. The van der Waals surface area contributed by atoms with Crippen LogP contribution in [-0.2, 0) is 4.79 Å². The van der Waals surface area contributed by atoms with Gasteiger partial charge in [0.25, 0.3) is 5.91 Å². The molecule has 3 aliphatic carbocycles. The van der Waals surface area contributed by atoms with Gasteiger partial charge in [-0.2, -0.15) is 0 Å². The average Bonchev–Trinajstić information content (AvgIpc) is 2.84. The fourth-order valence-electron chi connectivity index (χ4n) is 6.63. The van der Waals surface area contributed by atoms with Crippen molar-refractivity contribution in [2.24, 2.45) is 17.3 Å². The molecule has 1 saturated heterocycles. The maximum atomic E-state index is 13.7. The second-order valence-electron chi connectivity index (χ2n) is 10.3. The van der Waals surface area contributed by atoms with E-state index in [4.69, 9.17) is 0 Å². The van der Waals surface area contributed by atoms with Crippen molar-refractivity contribution in [3.8, 4) is 0 Å². The van der Waals surface area contributed by atoms with Crippen LogP contribution in [-0.4, -0.2) is 58.5 Å². The Labute approximate surface area is 193 Å². The van der Waals surface area contributed by atoms with Crippen molar-refractivity contribution in [1.29, 1.82) is 0 Å². The van der Waals surface area contributed by atoms with Gasteiger partial charge >= 0.3 is 0 Å². The number of hydrogen-bond donors (Lipinski definition) is 2. The number of carbonyl (C=O) groups is 2. The zero-order chi connectivity index (χ0) is 22.6. The van der Waals surface area contributed by atoms with Gasteiger partial charge in [0.1, 0.15) is 5.66 Å². The molecule has 2 aliphatic heterocycles. The second kappa shape index (κ2) is 7.43. The molecule has 33 heavy (non-hydrogen) atoms. The standard InChI is InChI=1S/C25H30N6O2/c1-24-8-7-17(25(16-24)28-20-6-3-2-5-18(20)21(32)29-25)15-19(24)22(33)30-11-13-31(14-12-30)23-26-9-4-10-27-23/h2-6,9-10,17,19,28H,7-8,11-16H2,1H3,(H,29,32)/t17-,19+,24+,25-/m0/s1. The molecule has 2 aromatic rings. The minimum Gasteiger partial charge on any atom is -0.362 e. The molecule has 4 atom stereocenters. The normalized spacial score (nSPS) is 32.8. The lowest BCUT2D eigenvalue weighted by Gasteiger charge is -2.61. The first kappa shape index (κ1) is 20.4. The van der Waals surface area contributed by atoms with Crippen molar-refractivity contribution in [2.75, 3.05) is 36.4 Å². The third kappa shape index (κ3) is 3.26. The van der Waals surface area contributed by atoms with Gasteiger partial charge in [0.2, 0.25) is 11.9 Å². The van der Waals surface area contributed by atoms with Gasteiger partial charge in [-0.05, 0) is 49.3 Å². The lowest BCUT2D eigenvalue weighted by Crippen LogP contribution is -2.70. The first-order valence-electron chi connectivity index (χ1n) is 12.0. The van der Waals surface area contributed by atoms with Crippen LogP contribution in [0.1, 0.15) is 43.0 Å². The Morgan fingerprint density at radius 2 is 1.82 bits per heavy atom. The number of amides is 2. The third-order valence-corrected chi connectivity index (χ3v) is 8.40. The summed E-state index contributed by atoms with van der Waals surface area (Å²) in [6.07, 6.45) is 7.14. The minimum absolute atomic E-state index is 0.00253. The monoisotopic (exact) mass is 446 g/mol. The Hall–Kier alpha value is -3.16. The smallest absolute Gasteiger partial charge is 0.255 e. The van der Waals surface area contributed by atoms with Crippen molar-refractivity contribution in [1.82, 2.24) is 20.2 Å². The van der Waals surface area contributed by atoms with Gasteiger partial charge in [0.05, 0.1) is 5.56 Å². The topological polar surface area (TPSA) is 90.5 Å². The number of rotatable bonds is 2. The largest absolute Gasteiger partial charge is 0.362 e. The number of nitrogens with one attached hydrogen (secondary N) is 2. The van der Waals surface area contributed by atoms with Gasteiger partial charge in [-0.3, -0.25) is 9.59 Å². The Morgan fingerprint density at radius 1 is 1.06 bits per heavy atom. The summed E-state index contributed by atoms with van der Waals surface area (Å²) < 4.78 is 0. The van der Waals surface area contributed by atoms with E-state index in [0.29, 0.717) is 18.7 Å². The molecule has 8 heteroatoms. The number of anilines is 2. The van der Waals surface area contributed by atoms with Crippen LogP contribution >= 0.6 is 0 Å². The van der Waals surface area contributed by atoms with Gasteiger partial charge < -0.3 is 20.4 Å². The first-order chi connectivity index (χ1) is 16.0. The zero-order valence-corrected chi connectivity index (χ0v) is 19.0. The van der Waals surface area contributed by atoms with Gasteiger partial charge in [-0.25, -0.2) is 9.97 Å². The Bertz CT molecular complexity index is 1090. The zero-order valence-electron chi connectivity index (χ0n) is 19.0. The molecule has 2 amide bonds. The van der Waals surface area contributed by atoms with E-state index in [2.05, 4.69) is 32.4 Å². The molecule has 1 aromatic carbocycles. The highest BCUT2D eigenvalue weighted by atomic mass is 16.2. The molecule has 8 nitrogen and oxygen atoms in total. The number of hydrogen-bond acceptors (Lipinski definition) is 6. The van der Waals surface area contributed by atoms with Crippen LogP contribution < -0.4 is 15.5 Å².